The summed E-state index contributed by atoms with van der Waals surface area (Å²) in [4.78, 5) is 24.4. The molecule has 21 heavy (non-hydrogen) atoms. The van der Waals surface area contributed by atoms with Crippen molar-refractivity contribution in [3.05, 3.63) is 0 Å². The molecule has 1 aliphatic rings. The van der Waals surface area contributed by atoms with Crippen LogP contribution in [0.3, 0.4) is 0 Å². The molecule has 0 unspecified atom stereocenters. The maximum Gasteiger partial charge on any atom is 0.411 e. The minimum absolute atomic E-state index is 0.117. The molecule has 0 radical (unpaired) electrons. The van der Waals surface area contributed by atoms with Gasteiger partial charge in [-0.1, -0.05) is 0 Å². The van der Waals surface area contributed by atoms with Gasteiger partial charge in [0.25, 0.3) is 0 Å². The van der Waals surface area contributed by atoms with E-state index in [2.05, 4.69) is 10.1 Å². The topological polar surface area (TPSA) is 84.7 Å². The number of nitrogens with one attached hydrogen (secondary N) is 1. The Balaban J connectivity index is 2.45. The summed E-state index contributed by atoms with van der Waals surface area (Å²) in [6.45, 7) is -0.500. The van der Waals surface area contributed by atoms with Gasteiger partial charge < -0.3 is 20.7 Å². The minimum Gasteiger partial charge on any atom is -0.372 e. The van der Waals surface area contributed by atoms with Gasteiger partial charge in [0.15, 0.2) is 0 Å². The van der Waals surface area contributed by atoms with Crippen LogP contribution in [0.1, 0.15) is 19.3 Å². The zero-order chi connectivity index (χ0) is 15.9. The number of halogens is 3. The molecule has 122 valence electrons. The van der Waals surface area contributed by atoms with E-state index in [4.69, 9.17) is 5.73 Å². The molecule has 2 amide bonds. The third-order valence-electron chi connectivity index (χ3n) is 3.12. The highest BCUT2D eigenvalue weighted by Gasteiger charge is 2.29. The molecule has 1 fully saturated rings. The summed E-state index contributed by atoms with van der Waals surface area (Å²) in [5.74, 6) is -1.05. The molecule has 1 aliphatic heterocycles. The summed E-state index contributed by atoms with van der Waals surface area (Å²) in [6, 6.07) is -0.117. The number of piperidine rings is 1. The first-order valence-corrected chi connectivity index (χ1v) is 6.72. The Bertz CT molecular complexity index is 357. The number of nitrogens with two attached hydrogens (primary N) is 1. The van der Waals surface area contributed by atoms with Gasteiger partial charge in [0, 0.05) is 6.04 Å². The van der Waals surface area contributed by atoms with E-state index in [9.17, 15) is 22.8 Å². The molecule has 0 bridgehead atoms. The quantitative estimate of drug-likeness (QED) is 0.649. The highest BCUT2D eigenvalue weighted by Crippen LogP contribution is 2.15. The van der Waals surface area contributed by atoms with Crippen LogP contribution < -0.4 is 11.1 Å². The van der Waals surface area contributed by atoms with Crippen LogP contribution in [0, 0.1) is 0 Å². The molecule has 0 atom stereocenters. The number of primary amides is 1. The molecule has 0 aromatic heterocycles. The Morgan fingerprint density at radius 3 is 2.43 bits per heavy atom. The molecule has 1 saturated heterocycles. The number of ether oxygens (including phenoxy) is 1. The number of hydrogen-bond acceptors (Lipinski definition) is 4. The molecule has 0 aromatic carbocycles. The second kappa shape index (κ2) is 8.18. The van der Waals surface area contributed by atoms with E-state index in [-0.39, 0.29) is 25.6 Å². The van der Waals surface area contributed by atoms with Crippen molar-refractivity contribution >= 4 is 11.8 Å². The highest BCUT2D eigenvalue weighted by molar-refractivity contribution is 5.84. The molecule has 6 nitrogen and oxygen atoms in total. The molecule has 0 aromatic rings. The first-order chi connectivity index (χ1) is 9.79. The van der Waals surface area contributed by atoms with Crippen LogP contribution in [-0.2, 0) is 14.3 Å². The lowest BCUT2D eigenvalue weighted by Gasteiger charge is -2.34. The molecule has 9 heteroatoms. The second-order valence-corrected chi connectivity index (χ2v) is 4.89. The normalized spacial score (nSPS) is 16.7. The van der Waals surface area contributed by atoms with Crippen molar-refractivity contribution < 1.29 is 27.5 Å². The molecule has 1 heterocycles. The third-order valence-corrected chi connectivity index (χ3v) is 3.12. The van der Waals surface area contributed by atoms with Crippen LogP contribution in [0.4, 0.5) is 13.2 Å². The Morgan fingerprint density at radius 1 is 1.29 bits per heavy atom. The summed E-state index contributed by atoms with van der Waals surface area (Å²) in [7, 11) is 0. The number of nitrogens with zero attached hydrogens (tertiary/aromatic N) is 1. The Morgan fingerprint density at radius 2 is 1.90 bits per heavy atom. The predicted octanol–water partition coefficient (Wildman–Crippen LogP) is 0.0213. The number of rotatable bonds is 7. The Labute approximate surface area is 120 Å². The van der Waals surface area contributed by atoms with Gasteiger partial charge in [-0.15, -0.1) is 0 Å². The first kappa shape index (κ1) is 17.7. The summed E-state index contributed by atoms with van der Waals surface area (Å²) in [6.07, 6.45) is -3.25. The van der Waals surface area contributed by atoms with Gasteiger partial charge >= 0.3 is 6.18 Å². The van der Waals surface area contributed by atoms with Gasteiger partial charge in [0.05, 0.1) is 19.6 Å². The van der Waals surface area contributed by atoms with Gasteiger partial charge in [-0.3, -0.25) is 9.59 Å². The largest absolute Gasteiger partial charge is 0.411 e. The zero-order valence-electron chi connectivity index (χ0n) is 11.6. The number of carbonyl (C=O) groups excluding carboxylic acids is 2. The van der Waals surface area contributed by atoms with E-state index in [1.165, 1.54) is 4.90 Å². The maximum absolute atomic E-state index is 12.0. The van der Waals surface area contributed by atoms with Crippen LogP contribution >= 0.6 is 0 Å². The van der Waals surface area contributed by atoms with Crippen LogP contribution in [0.15, 0.2) is 0 Å². The summed E-state index contributed by atoms with van der Waals surface area (Å²) < 4.78 is 40.1. The standard InChI is InChI=1S/C12H20F3N3O3/c13-12(14,15)8-21-6-3-11(20)18(7-10(16)19)9-1-4-17-5-2-9/h9,17H,1-8H2,(H2,16,19). The number of alkyl halides is 3. The van der Waals surface area contributed by atoms with E-state index in [1.54, 1.807) is 0 Å². The van der Waals surface area contributed by atoms with E-state index < -0.39 is 24.6 Å². The van der Waals surface area contributed by atoms with Crippen molar-refractivity contribution in [2.45, 2.75) is 31.5 Å². The zero-order valence-corrected chi connectivity index (χ0v) is 11.6. The van der Waals surface area contributed by atoms with Crippen molar-refractivity contribution in [1.29, 1.82) is 0 Å². The lowest BCUT2D eigenvalue weighted by molar-refractivity contribution is -0.175. The summed E-state index contributed by atoms with van der Waals surface area (Å²) in [5, 5.41) is 3.13. The fourth-order valence-electron chi connectivity index (χ4n) is 2.20. The highest BCUT2D eigenvalue weighted by atomic mass is 19.4. The van der Waals surface area contributed by atoms with E-state index in [1.807, 2.05) is 0 Å². The lowest BCUT2D eigenvalue weighted by atomic mass is 10.0. The Hall–Kier alpha value is -1.35. The van der Waals surface area contributed by atoms with Crippen molar-refractivity contribution in [3.63, 3.8) is 0 Å². The molecule has 0 saturated carbocycles. The van der Waals surface area contributed by atoms with Crippen molar-refractivity contribution in [2.24, 2.45) is 5.73 Å². The van der Waals surface area contributed by atoms with E-state index in [0.717, 1.165) is 13.1 Å². The molecule has 0 spiro atoms. The van der Waals surface area contributed by atoms with Crippen LogP contribution in [0.5, 0.6) is 0 Å². The monoisotopic (exact) mass is 311 g/mol. The van der Waals surface area contributed by atoms with Crippen molar-refractivity contribution in [1.82, 2.24) is 10.2 Å². The van der Waals surface area contributed by atoms with Gasteiger partial charge in [-0.25, -0.2) is 0 Å². The minimum atomic E-state index is -4.41. The summed E-state index contributed by atoms with van der Waals surface area (Å²) in [5.41, 5.74) is 5.12. The van der Waals surface area contributed by atoms with E-state index >= 15 is 0 Å². The average Bonchev–Trinajstić information content (AvgIpc) is 2.40. The van der Waals surface area contributed by atoms with Gasteiger partial charge in [0.2, 0.25) is 11.8 Å². The first-order valence-electron chi connectivity index (χ1n) is 6.72. The van der Waals surface area contributed by atoms with Gasteiger partial charge in [0.1, 0.15) is 6.61 Å². The number of hydrogen-bond donors (Lipinski definition) is 2. The molecule has 1 rings (SSSR count). The molecular weight excluding hydrogens is 291 g/mol. The fourth-order valence-corrected chi connectivity index (χ4v) is 2.20. The molecule has 3 N–H and O–H groups in total. The second-order valence-electron chi connectivity index (χ2n) is 4.89. The predicted molar refractivity (Wildman–Crippen MR) is 68.3 cm³/mol. The number of carbonyl (C=O) groups is 2. The molecular formula is C12H20F3N3O3. The van der Waals surface area contributed by atoms with Gasteiger partial charge in [-0.2, -0.15) is 13.2 Å². The SMILES string of the molecule is NC(=O)CN(C(=O)CCOCC(F)(F)F)C1CCNCC1. The third kappa shape index (κ3) is 7.28. The maximum atomic E-state index is 12.0. The van der Waals surface area contributed by atoms with Crippen LogP contribution in [0.25, 0.3) is 0 Å². The average molecular weight is 311 g/mol. The van der Waals surface area contributed by atoms with Crippen molar-refractivity contribution in [3.8, 4) is 0 Å². The van der Waals surface area contributed by atoms with Crippen molar-refractivity contribution in [2.75, 3.05) is 32.8 Å². The smallest absolute Gasteiger partial charge is 0.372 e. The lowest BCUT2D eigenvalue weighted by Crippen LogP contribution is -2.49. The Kier molecular flexibility index (Phi) is 6.90. The van der Waals surface area contributed by atoms with Crippen LogP contribution in [-0.4, -0.2) is 61.8 Å². The fraction of sp³-hybridized carbons (Fsp3) is 0.833. The molecule has 0 aliphatic carbocycles. The van der Waals surface area contributed by atoms with E-state index in [0.29, 0.717) is 12.8 Å². The summed E-state index contributed by atoms with van der Waals surface area (Å²) >= 11 is 0. The van der Waals surface area contributed by atoms with Crippen LogP contribution in [0.2, 0.25) is 0 Å². The van der Waals surface area contributed by atoms with Gasteiger partial charge in [-0.05, 0) is 25.9 Å². The number of amides is 2.